The second-order valence-corrected chi connectivity index (χ2v) is 8.28. The first-order chi connectivity index (χ1) is 11.5. The third kappa shape index (κ3) is 5.92. The summed E-state index contributed by atoms with van der Waals surface area (Å²) in [4.78, 5) is 14.0. The molecule has 0 aliphatic rings. The summed E-state index contributed by atoms with van der Waals surface area (Å²) in [5.41, 5.74) is 1.92. The molecule has 0 saturated carbocycles. The molecule has 0 bridgehead atoms. The molecule has 1 aromatic heterocycles. The average Bonchev–Trinajstić information content (AvgIpc) is 2.97. The minimum atomic E-state index is 0.0854. The van der Waals surface area contributed by atoms with Crippen LogP contribution in [-0.2, 0) is 4.79 Å². The van der Waals surface area contributed by atoms with Gasteiger partial charge in [-0.1, -0.05) is 57.2 Å². The van der Waals surface area contributed by atoms with Crippen molar-refractivity contribution in [3.63, 3.8) is 0 Å². The van der Waals surface area contributed by atoms with Gasteiger partial charge in [0.2, 0.25) is 11.0 Å². The zero-order valence-corrected chi connectivity index (χ0v) is 16.8. The number of hydrogen-bond donors (Lipinski definition) is 1. The molecule has 1 aromatic carbocycles. The Morgan fingerprint density at radius 1 is 1.46 bits per heavy atom. The van der Waals surface area contributed by atoms with Crippen molar-refractivity contribution in [1.82, 2.24) is 15.1 Å². The van der Waals surface area contributed by atoms with Crippen LogP contribution < -0.4 is 5.32 Å². The van der Waals surface area contributed by atoms with Crippen LogP contribution in [0.15, 0.2) is 45.2 Å². The van der Waals surface area contributed by atoms with Gasteiger partial charge in [0.15, 0.2) is 4.34 Å². The van der Waals surface area contributed by atoms with Gasteiger partial charge in [0, 0.05) is 23.2 Å². The minimum Gasteiger partial charge on any atom is -0.338 e. The van der Waals surface area contributed by atoms with E-state index < -0.39 is 0 Å². The Balaban J connectivity index is 1.89. The minimum absolute atomic E-state index is 0.0854. The lowest BCUT2D eigenvalue weighted by molar-refractivity contribution is -0.127. The SMILES string of the molecule is C=C(C)CN(CC)C(=O)CSc1nnc(Nc2cccc(Br)c2)s1. The summed E-state index contributed by atoms with van der Waals surface area (Å²) in [6.07, 6.45) is 0. The fourth-order valence-corrected chi connectivity index (χ4v) is 4.00. The van der Waals surface area contributed by atoms with Gasteiger partial charge in [0.25, 0.3) is 0 Å². The van der Waals surface area contributed by atoms with E-state index in [1.165, 1.54) is 23.1 Å². The fraction of sp³-hybridized carbons (Fsp3) is 0.312. The van der Waals surface area contributed by atoms with Crippen LogP contribution in [-0.4, -0.2) is 39.8 Å². The highest BCUT2D eigenvalue weighted by molar-refractivity contribution is 9.10. The van der Waals surface area contributed by atoms with Crippen molar-refractivity contribution in [3.8, 4) is 0 Å². The third-order valence-electron chi connectivity index (χ3n) is 3.00. The Morgan fingerprint density at radius 2 is 2.25 bits per heavy atom. The Hall–Kier alpha value is -1.38. The summed E-state index contributed by atoms with van der Waals surface area (Å²) in [6, 6.07) is 7.83. The molecule has 8 heteroatoms. The molecule has 128 valence electrons. The van der Waals surface area contributed by atoms with Gasteiger partial charge in [-0.15, -0.1) is 10.2 Å². The molecule has 24 heavy (non-hydrogen) atoms. The monoisotopic (exact) mass is 426 g/mol. The Morgan fingerprint density at radius 3 is 2.92 bits per heavy atom. The molecule has 0 unspecified atom stereocenters. The Bertz CT molecular complexity index is 720. The molecule has 1 heterocycles. The van der Waals surface area contributed by atoms with E-state index in [4.69, 9.17) is 0 Å². The van der Waals surface area contributed by atoms with Crippen molar-refractivity contribution in [2.45, 2.75) is 18.2 Å². The number of carbonyl (C=O) groups is 1. The van der Waals surface area contributed by atoms with Crippen molar-refractivity contribution >= 4 is 55.8 Å². The van der Waals surface area contributed by atoms with E-state index >= 15 is 0 Å². The van der Waals surface area contributed by atoms with Gasteiger partial charge in [-0.2, -0.15) is 0 Å². The summed E-state index contributed by atoms with van der Waals surface area (Å²) >= 11 is 6.28. The number of likely N-dealkylation sites (N-methyl/N-ethyl adjacent to an activating group) is 1. The van der Waals surface area contributed by atoms with E-state index in [0.717, 1.165) is 20.1 Å². The van der Waals surface area contributed by atoms with Crippen LogP contribution in [0.2, 0.25) is 0 Å². The largest absolute Gasteiger partial charge is 0.338 e. The van der Waals surface area contributed by atoms with Crippen LogP contribution in [0.25, 0.3) is 0 Å². The van der Waals surface area contributed by atoms with Gasteiger partial charge in [-0.05, 0) is 32.0 Å². The standard InChI is InChI=1S/C16H19BrN4OS2/c1-4-21(9-11(2)3)14(22)10-23-16-20-19-15(24-16)18-13-7-5-6-12(17)8-13/h5-8H,2,4,9-10H2,1,3H3,(H,18,19). The Kier molecular flexibility index (Phi) is 7.26. The number of aromatic nitrogens is 2. The second kappa shape index (κ2) is 9.19. The molecule has 5 nitrogen and oxygen atoms in total. The molecule has 2 aromatic rings. The van der Waals surface area contributed by atoms with Crippen LogP contribution in [0, 0.1) is 0 Å². The number of amides is 1. The summed E-state index contributed by atoms with van der Waals surface area (Å²) in [5, 5.41) is 12.1. The molecule has 0 atom stereocenters. The van der Waals surface area contributed by atoms with Crippen molar-refractivity contribution in [3.05, 3.63) is 40.9 Å². The first kappa shape index (κ1) is 19.0. The molecular formula is C16H19BrN4OS2. The molecule has 1 N–H and O–H groups in total. The number of thioether (sulfide) groups is 1. The number of rotatable bonds is 8. The smallest absolute Gasteiger partial charge is 0.233 e. The third-order valence-corrected chi connectivity index (χ3v) is 5.45. The molecule has 0 radical (unpaired) electrons. The van der Waals surface area contributed by atoms with Crippen LogP contribution >= 0.6 is 39.0 Å². The first-order valence-electron chi connectivity index (χ1n) is 7.39. The maximum absolute atomic E-state index is 12.2. The fourth-order valence-electron chi connectivity index (χ4n) is 1.93. The van der Waals surface area contributed by atoms with E-state index in [9.17, 15) is 4.79 Å². The van der Waals surface area contributed by atoms with Gasteiger partial charge in [0.05, 0.1) is 5.75 Å². The van der Waals surface area contributed by atoms with Gasteiger partial charge in [-0.3, -0.25) is 4.79 Å². The number of hydrogen-bond acceptors (Lipinski definition) is 6. The molecule has 0 saturated heterocycles. The first-order valence-corrected chi connectivity index (χ1v) is 9.98. The molecular weight excluding hydrogens is 408 g/mol. The lowest BCUT2D eigenvalue weighted by Crippen LogP contribution is -2.33. The number of benzene rings is 1. The number of anilines is 2. The lowest BCUT2D eigenvalue weighted by atomic mass is 10.3. The quantitative estimate of drug-likeness (QED) is 0.495. The predicted octanol–water partition coefficient (Wildman–Crippen LogP) is 4.56. The van der Waals surface area contributed by atoms with E-state index in [-0.39, 0.29) is 5.91 Å². The lowest BCUT2D eigenvalue weighted by Gasteiger charge is -2.20. The molecule has 2 rings (SSSR count). The average molecular weight is 427 g/mol. The van der Waals surface area contributed by atoms with E-state index in [0.29, 0.717) is 24.0 Å². The summed E-state index contributed by atoms with van der Waals surface area (Å²) in [5.74, 6) is 0.439. The number of nitrogens with one attached hydrogen (secondary N) is 1. The maximum atomic E-state index is 12.2. The van der Waals surface area contributed by atoms with Crippen LogP contribution in [0.5, 0.6) is 0 Å². The van der Waals surface area contributed by atoms with Crippen molar-refractivity contribution in [1.29, 1.82) is 0 Å². The zero-order chi connectivity index (χ0) is 17.5. The van der Waals surface area contributed by atoms with Gasteiger partial charge in [-0.25, -0.2) is 0 Å². The molecule has 0 fully saturated rings. The molecule has 0 aliphatic carbocycles. The topological polar surface area (TPSA) is 58.1 Å². The highest BCUT2D eigenvalue weighted by Crippen LogP contribution is 2.28. The maximum Gasteiger partial charge on any atom is 0.233 e. The normalized spacial score (nSPS) is 10.5. The molecule has 0 spiro atoms. The van der Waals surface area contributed by atoms with Gasteiger partial charge >= 0.3 is 0 Å². The van der Waals surface area contributed by atoms with E-state index in [1.54, 1.807) is 4.90 Å². The number of carbonyl (C=O) groups excluding carboxylic acids is 1. The van der Waals surface area contributed by atoms with Crippen LogP contribution in [0.4, 0.5) is 10.8 Å². The van der Waals surface area contributed by atoms with E-state index in [1.807, 2.05) is 38.1 Å². The predicted molar refractivity (Wildman–Crippen MR) is 105 cm³/mol. The van der Waals surface area contributed by atoms with Crippen LogP contribution in [0.3, 0.4) is 0 Å². The van der Waals surface area contributed by atoms with Crippen molar-refractivity contribution in [2.75, 3.05) is 24.2 Å². The Labute approximate surface area is 158 Å². The number of halogens is 1. The highest BCUT2D eigenvalue weighted by Gasteiger charge is 2.14. The van der Waals surface area contributed by atoms with Crippen molar-refractivity contribution < 1.29 is 4.79 Å². The van der Waals surface area contributed by atoms with E-state index in [2.05, 4.69) is 38.0 Å². The van der Waals surface area contributed by atoms with Gasteiger partial charge in [0.1, 0.15) is 0 Å². The highest BCUT2D eigenvalue weighted by atomic mass is 79.9. The summed E-state index contributed by atoms with van der Waals surface area (Å²) in [7, 11) is 0. The van der Waals surface area contributed by atoms with Gasteiger partial charge < -0.3 is 10.2 Å². The summed E-state index contributed by atoms with van der Waals surface area (Å²) in [6.45, 7) is 9.03. The summed E-state index contributed by atoms with van der Waals surface area (Å²) < 4.78 is 1.77. The molecule has 1 amide bonds. The zero-order valence-electron chi connectivity index (χ0n) is 13.6. The molecule has 0 aliphatic heterocycles. The van der Waals surface area contributed by atoms with Crippen molar-refractivity contribution in [2.24, 2.45) is 0 Å². The van der Waals surface area contributed by atoms with Crippen LogP contribution in [0.1, 0.15) is 13.8 Å². The number of nitrogens with zero attached hydrogens (tertiary/aromatic N) is 3. The second-order valence-electron chi connectivity index (χ2n) is 5.16.